The van der Waals surface area contributed by atoms with Crippen LogP contribution < -0.4 is 0 Å². The summed E-state index contributed by atoms with van der Waals surface area (Å²) in [4.78, 5) is 8.04. The van der Waals surface area contributed by atoms with E-state index in [-0.39, 0.29) is 11.2 Å². The zero-order valence-corrected chi connectivity index (χ0v) is 12.8. The second kappa shape index (κ2) is 5.89. The van der Waals surface area contributed by atoms with Crippen molar-refractivity contribution in [2.45, 2.75) is 25.4 Å². The molecule has 2 aromatic rings. The molecule has 1 atom stereocenters. The number of aromatic amines is 1. The molecule has 0 saturated heterocycles. The van der Waals surface area contributed by atoms with Crippen LogP contribution in [-0.2, 0) is 16.8 Å². The Balaban J connectivity index is 2.06. The van der Waals surface area contributed by atoms with Gasteiger partial charge >= 0.3 is 0 Å². The molecule has 0 bridgehead atoms. The summed E-state index contributed by atoms with van der Waals surface area (Å²) in [7, 11) is 1.66. The van der Waals surface area contributed by atoms with Crippen LogP contribution in [0.1, 0.15) is 24.7 Å². The number of methoxy groups -OCH3 is 1. The molecule has 22 heavy (non-hydrogen) atoms. The number of benzene rings is 1. The topological polar surface area (TPSA) is 37.9 Å². The first kappa shape index (κ1) is 14.7. The van der Waals surface area contributed by atoms with E-state index in [1.54, 1.807) is 13.2 Å². The minimum atomic E-state index is -0.268. The van der Waals surface area contributed by atoms with Gasteiger partial charge in [0.25, 0.3) is 0 Å². The van der Waals surface area contributed by atoms with E-state index >= 15 is 0 Å². The third kappa shape index (κ3) is 2.74. The lowest BCUT2D eigenvalue weighted by molar-refractivity contribution is 0.180. The standard InChI is InChI=1S/C18H19FN2O/c1-18(9-4-3-5-10-18)16-15(12-22-2)20-17(21-16)13-7-6-8-14(19)11-13/h3-9,11H,10,12H2,1-2H3,(H,20,21). The third-order valence-corrected chi connectivity index (χ3v) is 3.96. The lowest BCUT2D eigenvalue weighted by Gasteiger charge is -2.25. The number of hydrogen-bond donors (Lipinski definition) is 1. The van der Waals surface area contributed by atoms with E-state index < -0.39 is 0 Å². The number of rotatable bonds is 4. The zero-order valence-electron chi connectivity index (χ0n) is 12.8. The maximum Gasteiger partial charge on any atom is 0.138 e. The Morgan fingerprint density at radius 2 is 2.23 bits per heavy atom. The number of hydrogen-bond acceptors (Lipinski definition) is 2. The van der Waals surface area contributed by atoms with Gasteiger partial charge in [0.15, 0.2) is 0 Å². The minimum absolute atomic E-state index is 0.176. The molecule has 1 unspecified atom stereocenters. The van der Waals surface area contributed by atoms with Crippen molar-refractivity contribution in [1.29, 1.82) is 0 Å². The van der Waals surface area contributed by atoms with Crippen LogP contribution in [-0.4, -0.2) is 17.1 Å². The van der Waals surface area contributed by atoms with Crippen molar-refractivity contribution in [2.24, 2.45) is 0 Å². The Morgan fingerprint density at radius 3 is 2.91 bits per heavy atom. The molecule has 3 nitrogen and oxygen atoms in total. The monoisotopic (exact) mass is 298 g/mol. The number of halogens is 1. The fourth-order valence-corrected chi connectivity index (χ4v) is 2.81. The predicted molar refractivity (Wildman–Crippen MR) is 84.9 cm³/mol. The lowest BCUT2D eigenvalue weighted by atomic mass is 9.80. The summed E-state index contributed by atoms with van der Waals surface area (Å²) >= 11 is 0. The third-order valence-electron chi connectivity index (χ3n) is 3.96. The quantitative estimate of drug-likeness (QED) is 0.921. The fraction of sp³-hybridized carbons (Fsp3) is 0.278. The Kier molecular flexibility index (Phi) is 3.94. The number of nitrogens with one attached hydrogen (secondary N) is 1. The van der Waals surface area contributed by atoms with Crippen molar-refractivity contribution in [3.63, 3.8) is 0 Å². The molecule has 114 valence electrons. The molecule has 1 aromatic heterocycles. The van der Waals surface area contributed by atoms with E-state index in [0.29, 0.717) is 12.4 Å². The highest BCUT2D eigenvalue weighted by Gasteiger charge is 2.30. The molecule has 0 aliphatic heterocycles. The lowest BCUT2D eigenvalue weighted by Crippen LogP contribution is -2.22. The van der Waals surface area contributed by atoms with Crippen molar-refractivity contribution >= 4 is 0 Å². The summed E-state index contributed by atoms with van der Waals surface area (Å²) in [6.07, 6.45) is 9.24. The van der Waals surface area contributed by atoms with Crippen molar-refractivity contribution in [3.05, 3.63) is 65.8 Å². The first-order valence-corrected chi connectivity index (χ1v) is 7.31. The largest absolute Gasteiger partial charge is 0.378 e. The zero-order chi connectivity index (χ0) is 15.6. The molecule has 1 N–H and O–H groups in total. The van der Waals surface area contributed by atoms with Gasteiger partial charge in [-0.25, -0.2) is 9.37 Å². The first-order chi connectivity index (χ1) is 10.6. The molecule has 0 radical (unpaired) electrons. The number of nitrogens with zero attached hydrogens (tertiary/aromatic N) is 1. The minimum Gasteiger partial charge on any atom is -0.378 e. The maximum atomic E-state index is 13.5. The highest BCUT2D eigenvalue weighted by atomic mass is 19.1. The van der Waals surface area contributed by atoms with E-state index in [1.165, 1.54) is 12.1 Å². The molecule has 1 aliphatic rings. The Bertz CT molecular complexity index is 732. The summed E-state index contributed by atoms with van der Waals surface area (Å²) in [5.74, 6) is 0.404. The fourth-order valence-electron chi connectivity index (χ4n) is 2.81. The van der Waals surface area contributed by atoms with Crippen LogP contribution in [0.2, 0.25) is 0 Å². The number of aromatic nitrogens is 2. The summed E-state index contributed by atoms with van der Waals surface area (Å²) in [5.41, 5.74) is 2.45. The highest BCUT2D eigenvalue weighted by Crippen LogP contribution is 2.35. The van der Waals surface area contributed by atoms with Gasteiger partial charge in [0.2, 0.25) is 0 Å². The molecular formula is C18H19FN2O. The van der Waals surface area contributed by atoms with Gasteiger partial charge in [-0.05, 0) is 18.6 Å². The smallest absolute Gasteiger partial charge is 0.138 e. The molecule has 4 heteroatoms. The van der Waals surface area contributed by atoms with Crippen LogP contribution >= 0.6 is 0 Å². The summed E-state index contributed by atoms with van der Waals surface area (Å²) in [5, 5.41) is 0. The molecule has 3 rings (SSSR count). The van der Waals surface area contributed by atoms with E-state index in [1.807, 2.05) is 18.2 Å². The SMILES string of the molecule is COCc1[nH]c(-c2cccc(F)c2)nc1C1(C)C=CC=CC1. The molecule has 1 aliphatic carbocycles. The molecule has 1 heterocycles. The van der Waals surface area contributed by atoms with Crippen molar-refractivity contribution in [2.75, 3.05) is 7.11 Å². The first-order valence-electron chi connectivity index (χ1n) is 7.31. The molecule has 0 fully saturated rings. The van der Waals surface area contributed by atoms with Crippen molar-refractivity contribution < 1.29 is 9.13 Å². The second-order valence-electron chi connectivity index (χ2n) is 5.76. The van der Waals surface area contributed by atoms with Gasteiger partial charge in [0, 0.05) is 18.1 Å². The van der Waals surface area contributed by atoms with Gasteiger partial charge in [-0.1, -0.05) is 43.4 Å². The summed E-state index contributed by atoms with van der Waals surface area (Å²) < 4.78 is 18.7. The molecular weight excluding hydrogens is 279 g/mol. The van der Waals surface area contributed by atoms with E-state index in [4.69, 9.17) is 9.72 Å². The van der Waals surface area contributed by atoms with Gasteiger partial charge in [-0.2, -0.15) is 0 Å². The van der Waals surface area contributed by atoms with Crippen LogP contribution in [0.25, 0.3) is 11.4 Å². The normalized spacial score (nSPS) is 20.5. The molecule has 0 saturated carbocycles. The Labute approximate surface area is 129 Å². The highest BCUT2D eigenvalue weighted by molar-refractivity contribution is 5.57. The number of ether oxygens (including phenoxy) is 1. The Morgan fingerprint density at radius 1 is 1.36 bits per heavy atom. The average Bonchev–Trinajstić information content (AvgIpc) is 2.93. The van der Waals surface area contributed by atoms with Gasteiger partial charge in [0.1, 0.15) is 11.6 Å². The number of imidazole rings is 1. The van der Waals surface area contributed by atoms with Crippen LogP contribution in [0.3, 0.4) is 0 Å². The van der Waals surface area contributed by atoms with E-state index in [2.05, 4.69) is 24.1 Å². The molecule has 0 spiro atoms. The van der Waals surface area contributed by atoms with Gasteiger partial charge in [-0.3, -0.25) is 0 Å². The van der Waals surface area contributed by atoms with Crippen LogP contribution in [0.5, 0.6) is 0 Å². The van der Waals surface area contributed by atoms with Crippen LogP contribution in [0, 0.1) is 5.82 Å². The van der Waals surface area contributed by atoms with Gasteiger partial charge in [0.05, 0.1) is 18.0 Å². The molecule has 1 aromatic carbocycles. The summed E-state index contributed by atoms with van der Waals surface area (Å²) in [6.45, 7) is 2.60. The number of allylic oxidation sites excluding steroid dienone is 4. The van der Waals surface area contributed by atoms with Crippen molar-refractivity contribution in [1.82, 2.24) is 9.97 Å². The molecule has 0 amide bonds. The maximum absolute atomic E-state index is 13.5. The summed E-state index contributed by atoms with van der Waals surface area (Å²) in [6, 6.07) is 6.45. The number of H-pyrrole nitrogens is 1. The Hall–Kier alpha value is -2.20. The van der Waals surface area contributed by atoms with Gasteiger partial charge < -0.3 is 9.72 Å². The van der Waals surface area contributed by atoms with Gasteiger partial charge in [-0.15, -0.1) is 0 Å². The van der Waals surface area contributed by atoms with Crippen molar-refractivity contribution in [3.8, 4) is 11.4 Å². The van der Waals surface area contributed by atoms with Crippen LogP contribution in [0.4, 0.5) is 4.39 Å². The van der Waals surface area contributed by atoms with E-state index in [9.17, 15) is 4.39 Å². The van der Waals surface area contributed by atoms with Crippen LogP contribution in [0.15, 0.2) is 48.6 Å². The van der Waals surface area contributed by atoms with E-state index in [0.717, 1.165) is 23.4 Å². The predicted octanol–water partition coefficient (Wildman–Crippen LogP) is 4.14. The second-order valence-corrected chi connectivity index (χ2v) is 5.76. The average molecular weight is 298 g/mol.